The fourth-order valence-corrected chi connectivity index (χ4v) is 3.00. The van der Waals surface area contributed by atoms with Crippen molar-refractivity contribution >= 4 is 12.2 Å². The minimum absolute atomic E-state index is 0.957. The molecule has 1 nitrogen and oxygen atoms in total. The van der Waals surface area contributed by atoms with Crippen LogP contribution in [0.4, 0.5) is 0 Å². The maximum absolute atomic E-state index is 6.19. The second-order valence-electron chi connectivity index (χ2n) is 6.42. The Morgan fingerprint density at radius 1 is 0.800 bits per heavy atom. The highest BCUT2D eigenvalue weighted by atomic mass is 16.3. The molecule has 1 heterocycles. The Bertz CT molecular complexity index is 781. The van der Waals surface area contributed by atoms with Gasteiger partial charge < -0.3 is 4.42 Å². The van der Waals surface area contributed by atoms with Gasteiger partial charge in [-0.05, 0) is 36.1 Å². The van der Waals surface area contributed by atoms with Crippen LogP contribution in [0, 0.1) is 0 Å². The number of hydrogen-bond donors (Lipinski definition) is 0. The van der Waals surface area contributed by atoms with E-state index in [9.17, 15) is 0 Å². The van der Waals surface area contributed by atoms with E-state index in [0.29, 0.717) is 0 Å². The molecule has 128 valence electrons. The van der Waals surface area contributed by atoms with Crippen molar-refractivity contribution in [2.24, 2.45) is 0 Å². The molecule has 0 aliphatic rings. The molecule has 0 N–H and O–H groups in total. The molecule has 0 atom stereocenters. The van der Waals surface area contributed by atoms with E-state index < -0.39 is 0 Å². The zero-order chi connectivity index (χ0) is 17.3. The van der Waals surface area contributed by atoms with E-state index in [4.69, 9.17) is 4.42 Å². The Balaban J connectivity index is 1.83. The SMILES string of the molecule is CCCCCCc1cc(-c2ccccc2)oc1/C=C/c1ccccc1. The van der Waals surface area contributed by atoms with Crippen molar-refractivity contribution in [2.45, 2.75) is 39.0 Å². The van der Waals surface area contributed by atoms with Crippen LogP contribution < -0.4 is 0 Å². The molecule has 25 heavy (non-hydrogen) atoms. The van der Waals surface area contributed by atoms with E-state index in [1.807, 2.05) is 12.1 Å². The highest BCUT2D eigenvalue weighted by Crippen LogP contribution is 2.28. The third kappa shape index (κ3) is 4.96. The van der Waals surface area contributed by atoms with Crippen LogP contribution in [0.2, 0.25) is 0 Å². The van der Waals surface area contributed by atoms with Gasteiger partial charge in [0.1, 0.15) is 11.5 Å². The second-order valence-corrected chi connectivity index (χ2v) is 6.42. The van der Waals surface area contributed by atoms with Gasteiger partial charge in [0.05, 0.1) is 0 Å². The topological polar surface area (TPSA) is 13.1 Å². The fourth-order valence-electron chi connectivity index (χ4n) is 3.00. The Morgan fingerprint density at radius 2 is 1.52 bits per heavy atom. The molecule has 2 aromatic carbocycles. The monoisotopic (exact) mass is 330 g/mol. The van der Waals surface area contributed by atoms with Crippen LogP contribution in [0.15, 0.2) is 71.1 Å². The van der Waals surface area contributed by atoms with E-state index >= 15 is 0 Å². The molecule has 1 aromatic heterocycles. The first kappa shape index (κ1) is 17.3. The molecule has 0 spiro atoms. The highest BCUT2D eigenvalue weighted by Gasteiger charge is 2.10. The van der Waals surface area contributed by atoms with Crippen LogP contribution in [0.5, 0.6) is 0 Å². The van der Waals surface area contributed by atoms with Gasteiger partial charge in [0.25, 0.3) is 0 Å². The van der Waals surface area contributed by atoms with Crippen LogP contribution in [-0.4, -0.2) is 0 Å². The van der Waals surface area contributed by atoms with Gasteiger partial charge in [0.15, 0.2) is 0 Å². The minimum atomic E-state index is 0.957. The van der Waals surface area contributed by atoms with Crippen molar-refractivity contribution in [3.63, 3.8) is 0 Å². The minimum Gasteiger partial charge on any atom is -0.456 e. The van der Waals surface area contributed by atoms with Gasteiger partial charge in [-0.1, -0.05) is 92.9 Å². The fraction of sp³-hybridized carbons (Fsp3) is 0.250. The summed E-state index contributed by atoms with van der Waals surface area (Å²) in [6.07, 6.45) is 10.4. The van der Waals surface area contributed by atoms with Crippen molar-refractivity contribution < 1.29 is 4.42 Å². The summed E-state index contributed by atoms with van der Waals surface area (Å²) in [6, 6.07) is 22.9. The van der Waals surface area contributed by atoms with Crippen LogP contribution in [-0.2, 0) is 6.42 Å². The van der Waals surface area contributed by atoms with Crippen molar-refractivity contribution in [1.82, 2.24) is 0 Å². The zero-order valence-corrected chi connectivity index (χ0v) is 14.9. The molecule has 0 saturated heterocycles. The molecule has 1 heteroatoms. The third-order valence-electron chi connectivity index (χ3n) is 4.43. The lowest BCUT2D eigenvalue weighted by molar-refractivity contribution is 0.565. The maximum Gasteiger partial charge on any atom is 0.135 e. The lowest BCUT2D eigenvalue weighted by Crippen LogP contribution is -1.85. The van der Waals surface area contributed by atoms with Gasteiger partial charge >= 0.3 is 0 Å². The molecular weight excluding hydrogens is 304 g/mol. The molecule has 0 bridgehead atoms. The Kier molecular flexibility index (Phi) is 6.28. The Labute approximate surface area is 151 Å². The predicted molar refractivity (Wildman–Crippen MR) is 107 cm³/mol. The van der Waals surface area contributed by atoms with Gasteiger partial charge in [-0.25, -0.2) is 0 Å². The molecule has 0 aliphatic carbocycles. The number of rotatable bonds is 8. The normalized spacial score (nSPS) is 11.2. The molecule has 0 unspecified atom stereocenters. The summed E-state index contributed by atoms with van der Waals surface area (Å²) in [5.74, 6) is 1.94. The average molecular weight is 330 g/mol. The Morgan fingerprint density at radius 3 is 2.24 bits per heavy atom. The van der Waals surface area contributed by atoms with E-state index in [-0.39, 0.29) is 0 Å². The number of aryl methyl sites for hydroxylation is 1. The smallest absolute Gasteiger partial charge is 0.135 e. The summed E-state index contributed by atoms with van der Waals surface area (Å²) in [6.45, 7) is 2.25. The van der Waals surface area contributed by atoms with E-state index in [0.717, 1.165) is 23.5 Å². The number of furan rings is 1. The van der Waals surface area contributed by atoms with Crippen molar-refractivity contribution in [2.75, 3.05) is 0 Å². The van der Waals surface area contributed by atoms with Crippen molar-refractivity contribution in [3.8, 4) is 11.3 Å². The predicted octanol–water partition coefficient (Wildman–Crippen LogP) is 7.24. The van der Waals surface area contributed by atoms with Crippen LogP contribution >= 0.6 is 0 Å². The van der Waals surface area contributed by atoms with Gasteiger partial charge in [-0.15, -0.1) is 0 Å². The molecule has 0 aliphatic heterocycles. The van der Waals surface area contributed by atoms with Crippen LogP contribution in [0.25, 0.3) is 23.5 Å². The number of benzene rings is 2. The first-order valence-electron chi connectivity index (χ1n) is 9.28. The van der Waals surface area contributed by atoms with E-state index in [1.165, 1.54) is 36.8 Å². The van der Waals surface area contributed by atoms with Crippen LogP contribution in [0.1, 0.15) is 49.5 Å². The van der Waals surface area contributed by atoms with E-state index in [1.54, 1.807) is 0 Å². The first-order valence-corrected chi connectivity index (χ1v) is 9.28. The largest absolute Gasteiger partial charge is 0.456 e. The van der Waals surface area contributed by atoms with Gasteiger partial charge in [0.2, 0.25) is 0 Å². The quantitative estimate of drug-likeness (QED) is 0.397. The van der Waals surface area contributed by atoms with E-state index in [2.05, 4.69) is 73.7 Å². The van der Waals surface area contributed by atoms with Crippen molar-refractivity contribution in [3.05, 3.63) is 83.6 Å². The zero-order valence-electron chi connectivity index (χ0n) is 14.9. The van der Waals surface area contributed by atoms with Gasteiger partial charge in [0, 0.05) is 5.56 Å². The first-order chi connectivity index (χ1) is 12.4. The number of unbranched alkanes of at least 4 members (excludes halogenated alkanes) is 3. The van der Waals surface area contributed by atoms with Gasteiger partial charge in [-0.2, -0.15) is 0 Å². The highest BCUT2D eigenvalue weighted by molar-refractivity contribution is 5.71. The summed E-state index contributed by atoms with van der Waals surface area (Å²) in [5.41, 5.74) is 3.64. The maximum atomic E-state index is 6.19. The molecular formula is C24H26O. The number of hydrogen-bond acceptors (Lipinski definition) is 1. The molecule has 3 rings (SSSR count). The summed E-state index contributed by atoms with van der Waals surface area (Å²) in [4.78, 5) is 0. The summed E-state index contributed by atoms with van der Waals surface area (Å²) < 4.78 is 6.19. The molecule has 3 aromatic rings. The molecule has 0 fully saturated rings. The third-order valence-corrected chi connectivity index (χ3v) is 4.43. The van der Waals surface area contributed by atoms with Crippen molar-refractivity contribution in [1.29, 1.82) is 0 Å². The second kappa shape index (κ2) is 9.08. The summed E-state index contributed by atoms with van der Waals surface area (Å²) in [7, 11) is 0. The molecule has 0 saturated carbocycles. The molecule has 0 radical (unpaired) electrons. The summed E-state index contributed by atoms with van der Waals surface area (Å²) >= 11 is 0. The Hall–Kier alpha value is -2.54. The van der Waals surface area contributed by atoms with Gasteiger partial charge in [-0.3, -0.25) is 0 Å². The lowest BCUT2D eigenvalue weighted by atomic mass is 10.0. The average Bonchev–Trinajstić information content (AvgIpc) is 3.08. The van der Waals surface area contributed by atoms with Crippen LogP contribution in [0.3, 0.4) is 0 Å². The standard InChI is InChI=1S/C24H26O/c1-2-3-4-9-16-22-19-24(21-14-10-6-11-15-21)25-23(22)18-17-20-12-7-5-8-13-20/h5-8,10-15,17-19H,2-4,9,16H2,1H3/b18-17+. The lowest BCUT2D eigenvalue weighted by Gasteiger charge is -1.99. The summed E-state index contributed by atoms with van der Waals surface area (Å²) in [5, 5.41) is 0. The molecule has 0 amide bonds.